The Morgan fingerprint density at radius 1 is 0.927 bits per heavy atom. The lowest BCUT2D eigenvalue weighted by atomic mass is 9.95. The van der Waals surface area contributed by atoms with Crippen molar-refractivity contribution in [3.8, 4) is 0 Å². The molecule has 41 heavy (non-hydrogen) atoms. The molecule has 7 nitrogen and oxygen atoms in total. The van der Waals surface area contributed by atoms with E-state index < -0.39 is 28.5 Å². The summed E-state index contributed by atoms with van der Waals surface area (Å²) in [4.78, 5) is 29.0. The molecule has 0 saturated heterocycles. The van der Waals surface area contributed by atoms with Gasteiger partial charge in [0.15, 0.2) is 0 Å². The summed E-state index contributed by atoms with van der Waals surface area (Å²) in [6, 6.07) is 20.2. The van der Waals surface area contributed by atoms with Crippen LogP contribution in [0.5, 0.6) is 0 Å². The molecule has 3 aromatic rings. The first-order valence-electron chi connectivity index (χ1n) is 13.7. The van der Waals surface area contributed by atoms with Crippen LogP contribution >= 0.6 is 31.9 Å². The van der Waals surface area contributed by atoms with Crippen LogP contribution in [0.3, 0.4) is 0 Å². The molecule has 0 aromatic heterocycles. The van der Waals surface area contributed by atoms with Crippen LogP contribution in [-0.2, 0) is 26.2 Å². The number of hydrogen-bond donors (Lipinski definition) is 1. The molecule has 1 fully saturated rings. The van der Waals surface area contributed by atoms with Crippen molar-refractivity contribution in [1.82, 2.24) is 10.2 Å². The van der Waals surface area contributed by atoms with E-state index >= 15 is 0 Å². The Morgan fingerprint density at radius 2 is 1.59 bits per heavy atom. The number of nitrogens with zero attached hydrogens (tertiary/aromatic N) is 2. The minimum absolute atomic E-state index is 0.0819. The lowest BCUT2D eigenvalue weighted by Crippen LogP contribution is -2.53. The molecule has 0 radical (unpaired) electrons. The van der Waals surface area contributed by atoms with Crippen LogP contribution in [0.4, 0.5) is 5.69 Å². The maximum atomic E-state index is 14.1. The first-order valence-corrected chi connectivity index (χ1v) is 16.8. The van der Waals surface area contributed by atoms with Crippen molar-refractivity contribution >= 4 is 59.4 Å². The van der Waals surface area contributed by atoms with Crippen molar-refractivity contribution in [3.05, 3.63) is 92.9 Å². The third kappa shape index (κ3) is 8.20. The van der Waals surface area contributed by atoms with E-state index in [1.165, 1.54) is 4.90 Å². The first kappa shape index (κ1) is 31.3. The molecule has 1 saturated carbocycles. The molecular formula is C31H35Br2N3O4S. The average molecular weight is 706 g/mol. The highest BCUT2D eigenvalue weighted by Crippen LogP contribution is 2.27. The highest BCUT2D eigenvalue weighted by atomic mass is 79.9. The number of sulfonamides is 1. The maximum Gasteiger partial charge on any atom is 0.264 e. The largest absolute Gasteiger partial charge is 0.352 e. The lowest BCUT2D eigenvalue weighted by Gasteiger charge is -2.33. The Balaban J connectivity index is 1.67. The monoisotopic (exact) mass is 703 g/mol. The number of aryl methyl sites for hydroxylation is 1. The molecule has 2 amide bonds. The number of halogens is 2. The zero-order valence-corrected chi connectivity index (χ0v) is 27.2. The molecule has 218 valence electrons. The second-order valence-electron chi connectivity index (χ2n) is 10.5. The van der Waals surface area contributed by atoms with Gasteiger partial charge in [-0.25, -0.2) is 8.42 Å². The number of nitrogens with one attached hydrogen (secondary N) is 1. The molecule has 3 aromatic carbocycles. The van der Waals surface area contributed by atoms with Gasteiger partial charge in [-0.3, -0.25) is 13.9 Å². The maximum absolute atomic E-state index is 14.1. The number of anilines is 1. The second kappa shape index (κ2) is 14.0. The van der Waals surface area contributed by atoms with Crippen molar-refractivity contribution in [2.75, 3.05) is 10.8 Å². The third-order valence-corrected chi connectivity index (χ3v) is 10.2. The average Bonchev–Trinajstić information content (AvgIpc) is 2.95. The molecule has 4 rings (SSSR count). The zero-order valence-electron chi connectivity index (χ0n) is 23.2. The third-order valence-electron chi connectivity index (χ3n) is 7.37. The van der Waals surface area contributed by atoms with Gasteiger partial charge in [0.25, 0.3) is 10.0 Å². The number of carbonyl (C=O) groups is 2. The van der Waals surface area contributed by atoms with Gasteiger partial charge in [0.1, 0.15) is 12.6 Å². The van der Waals surface area contributed by atoms with E-state index in [0.29, 0.717) is 10.2 Å². The van der Waals surface area contributed by atoms with E-state index in [-0.39, 0.29) is 23.4 Å². The summed E-state index contributed by atoms with van der Waals surface area (Å²) < 4.78 is 30.6. The minimum atomic E-state index is -4.11. The molecule has 0 bridgehead atoms. The summed E-state index contributed by atoms with van der Waals surface area (Å²) in [6.07, 6.45) is 5.14. The van der Waals surface area contributed by atoms with Crippen molar-refractivity contribution in [3.63, 3.8) is 0 Å². The van der Waals surface area contributed by atoms with E-state index in [4.69, 9.17) is 0 Å². The molecule has 1 aliphatic carbocycles. The molecular weight excluding hydrogens is 670 g/mol. The van der Waals surface area contributed by atoms with E-state index in [9.17, 15) is 18.0 Å². The summed E-state index contributed by atoms with van der Waals surface area (Å²) in [6.45, 7) is 3.27. The minimum Gasteiger partial charge on any atom is -0.352 e. The van der Waals surface area contributed by atoms with Gasteiger partial charge in [0.05, 0.1) is 10.6 Å². The van der Waals surface area contributed by atoms with Crippen LogP contribution in [0.15, 0.2) is 86.6 Å². The van der Waals surface area contributed by atoms with E-state index in [1.54, 1.807) is 55.5 Å². The number of benzene rings is 3. The number of amides is 2. The van der Waals surface area contributed by atoms with E-state index in [1.807, 2.05) is 31.2 Å². The van der Waals surface area contributed by atoms with E-state index in [0.717, 1.165) is 52.0 Å². The van der Waals surface area contributed by atoms with Gasteiger partial charge in [0, 0.05) is 21.5 Å². The van der Waals surface area contributed by atoms with Crippen LogP contribution in [-0.4, -0.2) is 43.8 Å². The van der Waals surface area contributed by atoms with Crippen molar-refractivity contribution in [2.45, 2.75) is 69.5 Å². The van der Waals surface area contributed by atoms with Crippen LogP contribution in [0.1, 0.15) is 50.2 Å². The lowest BCUT2D eigenvalue weighted by molar-refractivity contribution is -0.139. The fourth-order valence-corrected chi connectivity index (χ4v) is 6.99. The van der Waals surface area contributed by atoms with Crippen LogP contribution in [0, 0.1) is 6.92 Å². The quantitative estimate of drug-likeness (QED) is 0.258. The SMILES string of the molecule is Cc1ccc(S(=O)(=O)N(CC(=O)N(Cc2ccc(Br)cc2)[C@@H](C)C(=O)NC2CCCCC2)c2cccc(Br)c2)cc1. The van der Waals surface area contributed by atoms with Gasteiger partial charge in [-0.05, 0) is 74.7 Å². The van der Waals surface area contributed by atoms with Gasteiger partial charge >= 0.3 is 0 Å². The van der Waals surface area contributed by atoms with E-state index in [2.05, 4.69) is 37.2 Å². The van der Waals surface area contributed by atoms with Crippen molar-refractivity contribution in [1.29, 1.82) is 0 Å². The van der Waals surface area contributed by atoms with Crippen LogP contribution in [0.25, 0.3) is 0 Å². The molecule has 1 atom stereocenters. The number of carbonyl (C=O) groups excluding carboxylic acids is 2. The summed E-state index contributed by atoms with van der Waals surface area (Å²) in [7, 11) is -4.11. The van der Waals surface area contributed by atoms with Gasteiger partial charge in [0.2, 0.25) is 11.8 Å². The fraction of sp³-hybridized carbons (Fsp3) is 0.355. The summed E-state index contributed by atoms with van der Waals surface area (Å²) in [5, 5.41) is 3.12. The Bertz CT molecular complexity index is 1460. The molecule has 0 spiro atoms. The molecule has 0 unspecified atom stereocenters. The molecule has 10 heteroatoms. The van der Waals surface area contributed by atoms with Gasteiger partial charge < -0.3 is 10.2 Å². The Labute approximate surface area is 259 Å². The van der Waals surface area contributed by atoms with Gasteiger partial charge in [-0.15, -0.1) is 0 Å². The fourth-order valence-electron chi connectivity index (χ4n) is 4.94. The predicted octanol–water partition coefficient (Wildman–Crippen LogP) is 6.58. The number of rotatable bonds is 10. The predicted molar refractivity (Wildman–Crippen MR) is 169 cm³/mol. The molecule has 1 aliphatic rings. The highest BCUT2D eigenvalue weighted by Gasteiger charge is 2.33. The van der Waals surface area contributed by atoms with Crippen LogP contribution < -0.4 is 9.62 Å². The topological polar surface area (TPSA) is 86.8 Å². The zero-order chi connectivity index (χ0) is 29.6. The van der Waals surface area contributed by atoms with Crippen LogP contribution in [0.2, 0.25) is 0 Å². The second-order valence-corrected chi connectivity index (χ2v) is 14.2. The smallest absolute Gasteiger partial charge is 0.264 e. The molecule has 0 heterocycles. The Morgan fingerprint density at radius 3 is 2.22 bits per heavy atom. The molecule has 0 aliphatic heterocycles. The normalized spacial score (nSPS) is 14.7. The van der Waals surface area contributed by atoms with Crippen molar-refractivity contribution in [2.24, 2.45) is 0 Å². The molecule has 1 N–H and O–H groups in total. The standard InChI is InChI=1S/C31H35Br2N3O4S/c1-22-11-17-29(18-12-22)41(39,40)36(28-10-6-7-26(33)19-28)21-30(37)35(20-24-13-15-25(32)16-14-24)23(2)31(38)34-27-8-4-3-5-9-27/h6-7,10-19,23,27H,3-5,8-9,20-21H2,1-2H3,(H,34,38)/t23-/m0/s1. The summed E-state index contributed by atoms with van der Waals surface area (Å²) >= 11 is 6.86. The number of hydrogen-bond acceptors (Lipinski definition) is 4. The Kier molecular flexibility index (Phi) is 10.7. The van der Waals surface area contributed by atoms with Gasteiger partial charge in [-0.2, -0.15) is 0 Å². The first-order chi connectivity index (χ1) is 19.5. The van der Waals surface area contributed by atoms with Gasteiger partial charge in [-0.1, -0.05) is 87.0 Å². The Hall–Kier alpha value is -2.69. The summed E-state index contributed by atoms with van der Waals surface area (Å²) in [5.41, 5.74) is 2.10. The summed E-state index contributed by atoms with van der Waals surface area (Å²) in [5.74, 6) is -0.715. The highest BCUT2D eigenvalue weighted by molar-refractivity contribution is 9.10. The van der Waals surface area contributed by atoms with Crippen molar-refractivity contribution < 1.29 is 18.0 Å².